The second-order valence-corrected chi connectivity index (χ2v) is 16.7. The molecule has 57 heavy (non-hydrogen) atoms. The summed E-state index contributed by atoms with van der Waals surface area (Å²) >= 11 is 0. The molecule has 1 heterocycles. The maximum Gasteiger partial charge on any atom is 0.124 e. The van der Waals surface area contributed by atoms with Crippen LogP contribution in [0.4, 0.5) is 0 Å². The Kier molecular flexibility index (Phi) is 14.4. The average Bonchev–Trinajstić information content (AvgIpc) is 3.24. The zero-order chi connectivity index (χ0) is 39.7. The van der Waals surface area contributed by atoms with Gasteiger partial charge >= 0.3 is 0 Å². The molecule has 6 bridgehead atoms. The van der Waals surface area contributed by atoms with Crippen molar-refractivity contribution in [1.82, 2.24) is 31.9 Å². The van der Waals surface area contributed by atoms with Crippen molar-refractivity contribution in [2.75, 3.05) is 21.3 Å². The van der Waals surface area contributed by atoms with Gasteiger partial charge in [0.1, 0.15) is 34.5 Å². The van der Waals surface area contributed by atoms with E-state index in [1.807, 2.05) is 36.4 Å². The van der Waals surface area contributed by atoms with Crippen LogP contribution < -0.4 is 46.1 Å². The van der Waals surface area contributed by atoms with Gasteiger partial charge in [-0.2, -0.15) is 0 Å². The summed E-state index contributed by atoms with van der Waals surface area (Å²) in [5.74, 6) is 3.03. The standard InChI is InChI=1S/C45H66N6O6/c1-55-34-16-28-22-46-37-10-4-6-12-39(37)48-24-30-18-35(56-2)20-32(44(30)53)26-50-41-14-8-9-15-42(41)51-27-33-21-36(57-3)19-31(45(33)54)25-49-40-13-7-5-11-38(40)47-23-29(17-34)43(28)52/h16-21,37-42,46-54H,4-15,22-27H2,1-3H3/t37-,38-,39-,40-,41-,42-/m1/s1. The molecule has 312 valence electrons. The lowest BCUT2D eigenvalue weighted by Crippen LogP contribution is -2.49. The summed E-state index contributed by atoms with van der Waals surface area (Å²) in [6, 6.07) is 12.8. The second kappa shape index (κ2) is 19.8. The van der Waals surface area contributed by atoms with Crippen molar-refractivity contribution in [2.45, 2.75) is 153 Å². The summed E-state index contributed by atoms with van der Waals surface area (Å²) in [5.41, 5.74) is 4.88. The third-order valence-corrected chi connectivity index (χ3v) is 13.1. The molecular formula is C45H66N6O6. The van der Waals surface area contributed by atoms with E-state index in [0.717, 1.165) is 128 Å². The average molecular weight is 787 g/mol. The largest absolute Gasteiger partial charge is 0.507 e. The summed E-state index contributed by atoms with van der Waals surface area (Å²) in [6.07, 6.45) is 13.0. The molecule has 0 amide bonds. The van der Waals surface area contributed by atoms with Crippen LogP contribution in [0.1, 0.15) is 110 Å². The Morgan fingerprint density at radius 2 is 0.526 bits per heavy atom. The van der Waals surface area contributed by atoms with Gasteiger partial charge in [0.05, 0.1) is 21.3 Å². The molecule has 0 unspecified atom stereocenters. The monoisotopic (exact) mass is 787 g/mol. The number of hydrogen-bond acceptors (Lipinski definition) is 12. The normalized spacial score (nSPS) is 26.8. The maximum absolute atomic E-state index is 11.6. The van der Waals surface area contributed by atoms with E-state index < -0.39 is 0 Å². The highest BCUT2D eigenvalue weighted by Crippen LogP contribution is 2.34. The molecule has 7 rings (SSSR count). The van der Waals surface area contributed by atoms with Crippen LogP contribution in [-0.4, -0.2) is 72.9 Å². The van der Waals surface area contributed by atoms with Crippen molar-refractivity contribution in [3.63, 3.8) is 0 Å². The van der Waals surface area contributed by atoms with Crippen molar-refractivity contribution in [1.29, 1.82) is 0 Å². The zero-order valence-corrected chi connectivity index (χ0v) is 34.2. The van der Waals surface area contributed by atoms with Crippen LogP contribution in [0.25, 0.3) is 0 Å². The van der Waals surface area contributed by atoms with E-state index in [0.29, 0.717) is 56.5 Å². The predicted molar refractivity (Wildman–Crippen MR) is 223 cm³/mol. The van der Waals surface area contributed by atoms with E-state index in [1.54, 1.807) is 21.3 Å². The van der Waals surface area contributed by atoms with Gasteiger partial charge in [0.25, 0.3) is 0 Å². The minimum Gasteiger partial charge on any atom is -0.507 e. The minimum absolute atomic E-state index is 0.201. The molecular weight excluding hydrogens is 721 g/mol. The number of fused-ring (bicyclic) bond motifs is 9. The first-order valence-electron chi connectivity index (χ1n) is 21.4. The van der Waals surface area contributed by atoms with Gasteiger partial charge < -0.3 is 61.4 Å². The summed E-state index contributed by atoms with van der Waals surface area (Å²) in [5, 5.41) is 57.5. The van der Waals surface area contributed by atoms with Crippen molar-refractivity contribution in [3.8, 4) is 34.5 Å². The Balaban J connectivity index is 1.18. The Labute approximate surface area is 338 Å². The highest BCUT2D eigenvalue weighted by molar-refractivity contribution is 5.48. The highest BCUT2D eigenvalue weighted by atomic mass is 16.5. The Morgan fingerprint density at radius 3 is 0.684 bits per heavy atom. The molecule has 1 aliphatic heterocycles. The van der Waals surface area contributed by atoms with Crippen LogP contribution in [0.15, 0.2) is 36.4 Å². The molecule has 12 heteroatoms. The van der Waals surface area contributed by atoms with Crippen molar-refractivity contribution < 1.29 is 29.5 Å². The second-order valence-electron chi connectivity index (χ2n) is 16.7. The summed E-state index contributed by atoms with van der Waals surface area (Å²) < 4.78 is 17.2. The third-order valence-electron chi connectivity index (χ3n) is 13.1. The number of phenolic OH excluding ortho intramolecular Hbond substituents is 3. The molecule has 3 saturated carbocycles. The summed E-state index contributed by atoms with van der Waals surface area (Å²) in [6.45, 7) is 3.06. The van der Waals surface area contributed by atoms with Crippen LogP contribution in [0, 0.1) is 0 Å². The number of benzene rings is 3. The Morgan fingerprint density at radius 1 is 0.351 bits per heavy atom. The lowest BCUT2D eigenvalue weighted by Gasteiger charge is -2.34. The lowest BCUT2D eigenvalue weighted by atomic mass is 9.89. The van der Waals surface area contributed by atoms with Gasteiger partial charge in [-0.3, -0.25) is 0 Å². The van der Waals surface area contributed by atoms with Gasteiger partial charge in [-0.15, -0.1) is 0 Å². The van der Waals surface area contributed by atoms with Crippen LogP contribution in [-0.2, 0) is 39.3 Å². The smallest absolute Gasteiger partial charge is 0.124 e. The SMILES string of the molecule is COc1cc2c(O)c(c1)CN[C@@H]1CCCC[C@H]1NCc1cc(OC)cc(c1O)CN[C@@H]1CCCC[C@H]1NCc1cc(OC)cc(c1O)CN[C@@H]1CCCC[C@H]1NC2. The maximum atomic E-state index is 11.6. The molecule has 0 aromatic heterocycles. The zero-order valence-electron chi connectivity index (χ0n) is 34.2. The fraction of sp³-hybridized carbons (Fsp3) is 0.600. The molecule has 4 aliphatic rings. The van der Waals surface area contributed by atoms with Crippen molar-refractivity contribution in [2.24, 2.45) is 0 Å². The van der Waals surface area contributed by atoms with Crippen LogP contribution in [0.2, 0.25) is 0 Å². The number of aromatic hydroxyl groups is 3. The van der Waals surface area contributed by atoms with E-state index in [9.17, 15) is 15.3 Å². The van der Waals surface area contributed by atoms with Crippen molar-refractivity contribution in [3.05, 3.63) is 69.8 Å². The van der Waals surface area contributed by atoms with Crippen molar-refractivity contribution >= 4 is 0 Å². The molecule has 0 saturated heterocycles. The summed E-state index contributed by atoms with van der Waals surface area (Å²) in [7, 11) is 5.02. The molecule has 3 fully saturated rings. The van der Waals surface area contributed by atoms with Crippen LogP contribution >= 0.6 is 0 Å². The molecule has 0 radical (unpaired) electrons. The minimum atomic E-state index is 0.201. The number of nitrogens with one attached hydrogen (secondary N) is 6. The van der Waals surface area contributed by atoms with Gasteiger partial charge in [-0.05, 0) is 74.9 Å². The fourth-order valence-electron chi connectivity index (χ4n) is 9.65. The van der Waals surface area contributed by atoms with Gasteiger partial charge in [0.15, 0.2) is 0 Å². The molecule has 3 aromatic rings. The van der Waals surface area contributed by atoms with E-state index in [2.05, 4.69) is 31.9 Å². The quantitative estimate of drug-likeness (QED) is 0.159. The van der Waals surface area contributed by atoms with E-state index in [4.69, 9.17) is 14.2 Å². The number of ether oxygens (including phenoxy) is 3. The number of phenols is 3. The molecule has 12 nitrogen and oxygen atoms in total. The third kappa shape index (κ3) is 10.3. The van der Waals surface area contributed by atoms with Crippen LogP contribution in [0.3, 0.4) is 0 Å². The van der Waals surface area contributed by atoms with E-state index in [-0.39, 0.29) is 36.3 Å². The van der Waals surface area contributed by atoms with Crippen LogP contribution in [0.5, 0.6) is 34.5 Å². The van der Waals surface area contributed by atoms with E-state index in [1.165, 1.54) is 0 Å². The van der Waals surface area contributed by atoms with Gasteiger partial charge in [-0.25, -0.2) is 0 Å². The Hall–Kier alpha value is -3.78. The first kappa shape index (κ1) is 41.4. The molecule has 9 N–H and O–H groups in total. The topological polar surface area (TPSA) is 161 Å². The molecule has 3 aliphatic carbocycles. The predicted octanol–water partition coefficient (Wildman–Crippen LogP) is 5.71. The number of methoxy groups -OCH3 is 3. The fourth-order valence-corrected chi connectivity index (χ4v) is 9.65. The van der Waals surface area contributed by atoms with E-state index >= 15 is 0 Å². The first-order chi connectivity index (χ1) is 27.8. The molecule has 6 atom stereocenters. The van der Waals surface area contributed by atoms with Gasteiger partial charge in [0, 0.05) is 109 Å². The number of rotatable bonds is 3. The van der Waals surface area contributed by atoms with Gasteiger partial charge in [-0.1, -0.05) is 38.5 Å². The summed E-state index contributed by atoms with van der Waals surface area (Å²) in [4.78, 5) is 0. The van der Waals surface area contributed by atoms with Gasteiger partial charge in [0.2, 0.25) is 0 Å². The first-order valence-corrected chi connectivity index (χ1v) is 21.4. The number of hydrogen-bond donors (Lipinski definition) is 9. The lowest BCUT2D eigenvalue weighted by molar-refractivity contribution is 0.277. The molecule has 3 aromatic carbocycles. The molecule has 0 spiro atoms. The highest BCUT2D eigenvalue weighted by Gasteiger charge is 2.29. The Bertz CT molecular complexity index is 1480.